The van der Waals surface area contributed by atoms with Gasteiger partial charge in [-0.2, -0.15) is 5.10 Å². The lowest BCUT2D eigenvalue weighted by atomic mass is 10.0. The lowest BCUT2D eigenvalue weighted by Crippen LogP contribution is -2.11. The Kier molecular flexibility index (Phi) is 3.30. The molecule has 0 saturated heterocycles. The third-order valence-electron chi connectivity index (χ3n) is 4.42. The molecule has 8 heteroatoms. The molecular formula is C17H15N7S. The average molecular weight is 349 g/mol. The van der Waals surface area contributed by atoms with Gasteiger partial charge in [0.25, 0.3) is 0 Å². The smallest absolute Gasteiger partial charge is 0.179 e. The summed E-state index contributed by atoms with van der Waals surface area (Å²) < 4.78 is 3.68. The fourth-order valence-electron chi connectivity index (χ4n) is 3.15. The number of aryl methyl sites for hydroxylation is 1. The molecule has 0 aliphatic carbocycles. The summed E-state index contributed by atoms with van der Waals surface area (Å²) in [6.45, 7) is 0.756. The van der Waals surface area contributed by atoms with E-state index in [-0.39, 0.29) is 0 Å². The van der Waals surface area contributed by atoms with Crippen LogP contribution in [0.1, 0.15) is 11.5 Å². The number of hydrogen-bond acceptors (Lipinski definition) is 6. The molecule has 4 aromatic rings. The van der Waals surface area contributed by atoms with Gasteiger partial charge in [0.1, 0.15) is 5.52 Å². The van der Waals surface area contributed by atoms with Gasteiger partial charge in [0.05, 0.1) is 23.5 Å². The Morgan fingerprint density at radius 1 is 1.28 bits per heavy atom. The highest BCUT2D eigenvalue weighted by atomic mass is 32.2. The third kappa shape index (κ3) is 2.49. The molecule has 0 amide bonds. The molecule has 0 aromatic carbocycles. The Hall–Kier alpha value is -2.74. The van der Waals surface area contributed by atoms with Crippen molar-refractivity contribution in [3.05, 3.63) is 48.4 Å². The Bertz CT molecular complexity index is 1070. The van der Waals surface area contributed by atoms with Crippen molar-refractivity contribution in [2.75, 3.05) is 5.75 Å². The first-order chi connectivity index (χ1) is 12.3. The van der Waals surface area contributed by atoms with Crippen molar-refractivity contribution >= 4 is 22.9 Å². The average Bonchev–Trinajstić information content (AvgIpc) is 3.35. The quantitative estimate of drug-likeness (QED) is 0.566. The fraction of sp³-hybridized carbons (Fsp3) is 0.235. The van der Waals surface area contributed by atoms with Crippen LogP contribution >= 0.6 is 11.8 Å². The van der Waals surface area contributed by atoms with Crippen LogP contribution in [0.2, 0.25) is 0 Å². The molecule has 25 heavy (non-hydrogen) atoms. The van der Waals surface area contributed by atoms with Crippen LogP contribution in [0.25, 0.3) is 22.4 Å². The SMILES string of the molecule is Cn1cc(-c2ccc3nnn(CC4CSc5ncccc54)c3n2)cn1. The Labute approximate surface area is 148 Å². The van der Waals surface area contributed by atoms with E-state index in [1.807, 2.05) is 48.5 Å². The molecule has 5 heterocycles. The predicted octanol–water partition coefficient (Wildman–Crippen LogP) is 2.51. The molecule has 1 aliphatic rings. The lowest BCUT2D eigenvalue weighted by molar-refractivity contribution is 0.541. The van der Waals surface area contributed by atoms with Crippen LogP contribution in [-0.4, -0.2) is 40.5 Å². The number of aromatic nitrogens is 7. The molecule has 0 saturated carbocycles. The molecule has 4 aromatic heterocycles. The summed E-state index contributed by atoms with van der Waals surface area (Å²) in [5, 5.41) is 13.9. The fourth-order valence-corrected chi connectivity index (χ4v) is 4.34. The van der Waals surface area contributed by atoms with E-state index in [0.717, 1.165) is 39.7 Å². The summed E-state index contributed by atoms with van der Waals surface area (Å²) in [5.74, 6) is 1.39. The van der Waals surface area contributed by atoms with Crippen molar-refractivity contribution in [2.24, 2.45) is 7.05 Å². The van der Waals surface area contributed by atoms with Gasteiger partial charge in [0, 0.05) is 36.7 Å². The second-order valence-corrected chi connectivity index (χ2v) is 7.13. The zero-order valence-electron chi connectivity index (χ0n) is 13.6. The van der Waals surface area contributed by atoms with Crippen LogP contribution in [-0.2, 0) is 13.6 Å². The second kappa shape index (κ2) is 5.66. The van der Waals surface area contributed by atoms with Crippen molar-refractivity contribution in [3.63, 3.8) is 0 Å². The predicted molar refractivity (Wildman–Crippen MR) is 95.2 cm³/mol. The zero-order valence-corrected chi connectivity index (χ0v) is 14.4. The van der Waals surface area contributed by atoms with Gasteiger partial charge >= 0.3 is 0 Å². The molecule has 0 radical (unpaired) electrons. The van der Waals surface area contributed by atoms with Gasteiger partial charge in [-0.05, 0) is 23.8 Å². The molecule has 1 aliphatic heterocycles. The summed E-state index contributed by atoms with van der Waals surface area (Å²) >= 11 is 1.80. The molecule has 7 nitrogen and oxygen atoms in total. The Morgan fingerprint density at radius 3 is 3.12 bits per heavy atom. The van der Waals surface area contributed by atoms with Gasteiger partial charge < -0.3 is 0 Å². The molecule has 5 rings (SSSR count). The van der Waals surface area contributed by atoms with Crippen molar-refractivity contribution in [1.29, 1.82) is 0 Å². The first-order valence-corrected chi connectivity index (χ1v) is 9.03. The first kappa shape index (κ1) is 14.6. The number of hydrogen-bond donors (Lipinski definition) is 0. The Morgan fingerprint density at radius 2 is 2.24 bits per heavy atom. The second-order valence-electron chi connectivity index (χ2n) is 6.12. The summed E-state index contributed by atoms with van der Waals surface area (Å²) in [4.78, 5) is 9.23. The van der Waals surface area contributed by atoms with E-state index in [0.29, 0.717) is 5.92 Å². The van der Waals surface area contributed by atoms with Crippen molar-refractivity contribution < 1.29 is 0 Å². The number of thioether (sulfide) groups is 1. The van der Waals surface area contributed by atoms with Crippen LogP contribution in [0.3, 0.4) is 0 Å². The van der Waals surface area contributed by atoms with E-state index in [2.05, 4.69) is 26.5 Å². The third-order valence-corrected chi connectivity index (χ3v) is 5.60. The zero-order chi connectivity index (χ0) is 16.8. The largest absolute Gasteiger partial charge is 0.275 e. The standard InChI is InChI=1S/C17H15N7S/c1-23-8-11(7-19-23)14-4-5-15-16(20-14)24(22-21-15)9-12-10-25-17-13(12)3-2-6-18-17/h2-8,12H,9-10H2,1H3. The van der Waals surface area contributed by atoms with Gasteiger partial charge in [0.15, 0.2) is 5.65 Å². The normalized spacial score (nSPS) is 16.4. The minimum atomic E-state index is 0.377. The maximum Gasteiger partial charge on any atom is 0.179 e. The summed E-state index contributed by atoms with van der Waals surface area (Å²) in [6.07, 6.45) is 5.62. The van der Waals surface area contributed by atoms with Crippen molar-refractivity contribution in [3.8, 4) is 11.3 Å². The molecule has 0 spiro atoms. The molecular weight excluding hydrogens is 334 g/mol. The molecule has 0 bridgehead atoms. The highest BCUT2D eigenvalue weighted by Gasteiger charge is 2.25. The van der Waals surface area contributed by atoms with Crippen LogP contribution < -0.4 is 0 Å². The van der Waals surface area contributed by atoms with Crippen LogP contribution in [0.5, 0.6) is 0 Å². The topological polar surface area (TPSA) is 74.3 Å². The monoisotopic (exact) mass is 349 g/mol. The number of rotatable bonds is 3. The number of pyridine rings is 2. The molecule has 1 unspecified atom stereocenters. The minimum absolute atomic E-state index is 0.377. The number of nitrogens with zero attached hydrogens (tertiary/aromatic N) is 7. The lowest BCUT2D eigenvalue weighted by Gasteiger charge is -2.10. The molecule has 1 atom stereocenters. The van der Waals surface area contributed by atoms with E-state index < -0.39 is 0 Å². The molecule has 124 valence electrons. The van der Waals surface area contributed by atoms with E-state index in [1.54, 1.807) is 16.4 Å². The van der Waals surface area contributed by atoms with E-state index >= 15 is 0 Å². The van der Waals surface area contributed by atoms with Crippen LogP contribution in [0, 0.1) is 0 Å². The van der Waals surface area contributed by atoms with E-state index in [1.165, 1.54) is 5.56 Å². The summed E-state index contributed by atoms with van der Waals surface area (Å²) in [5.41, 5.74) is 4.78. The highest BCUT2D eigenvalue weighted by molar-refractivity contribution is 7.99. The summed E-state index contributed by atoms with van der Waals surface area (Å²) in [7, 11) is 1.90. The van der Waals surface area contributed by atoms with Crippen LogP contribution in [0.15, 0.2) is 47.9 Å². The maximum absolute atomic E-state index is 4.78. The Balaban J connectivity index is 1.52. The van der Waals surface area contributed by atoms with E-state index in [9.17, 15) is 0 Å². The molecule has 0 fully saturated rings. The van der Waals surface area contributed by atoms with Gasteiger partial charge in [-0.15, -0.1) is 16.9 Å². The minimum Gasteiger partial charge on any atom is -0.275 e. The van der Waals surface area contributed by atoms with Gasteiger partial charge in [-0.25, -0.2) is 14.6 Å². The van der Waals surface area contributed by atoms with Gasteiger partial charge in [-0.1, -0.05) is 11.3 Å². The first-order valence-electron chi connectivity index (χ1n) is 8.05. The van der Waals surface area contributed by atoms with Gasteiger partial charge in [0.2, 0.25) is 0 Å². The maximum atomic E-state index is 4.78. The van der Waals surface area contributed by atoms with E-state index in [4.69, 9.17) is 4.98 Å². The summed E-state index contributed by atoms with van der Waals surface area (Å²) in [6, 6.07) is 8.08. The van der Waals surface area contributed by atoms with Crippen LogP contribution in [0.4, 0.5) is 0 Å². The number of fused-ring (bicyclic) bond motifs is 2. The van der Waals surface area contributed by atoms with Crippen molar-refractivity contribution in [2.45, 2.75) is 17.5 Å². The molecule has 0 N–H and O–H groups in total. The van der Waals surface area contributed by atoms with Crippen molar-refractivity contribution in [1.82, 2.24) is 34.7 Å². The highest BCUT2D eigenvalue weighted by Crippen LogP contribution is 2.38. The van der Waals surface area contributed by atoms with Gasteiger partial charge in [-0.3, -0.25) is 4.68 Å².